The molecular formula is C24H34N4O2S. The Bertz CT molecular complexity index is 812. The summed E-state index contributed by atoms with van der Waals surface area (Å²) in [6.45, 7) is 7.15. The fourth-order valence-corrected chi connectivity index (χ4v) is 4.84. The minimum atomic E-state index is 0.296. The minimum Gasteiger partial charge on any atom is -0.376 e. The largest absolute Gasteiger partial charge is 0.376 e. The number of nitrogens with zero attached hydrogens (tertiary/aromatic N) is 3. The maximum absolute atomic E-state index is 6.16. The van der Waals surface area contributed by atoms with Crippen molar-refractivity contribution in [1.29, 1.82) is 0 Å². The van der Waals surface area contributed by atoms with Crippen LogP contribution in [0.5, 0.6) is 0 Å². The van der Waals surface area contributed by atoms with Gasteiger partial charge in [-0.15, -0.1) is 11.3 Å². The average molecular weight is 443 g/mol. The van der Waals surface area contributed by atoms with Gasteiger partial charge < -0.3 is 19.7 Å². The normalized spacial score (nSPS) is 20.7. The van der Waals surface area contributed by atoms with Crippen molar-refractivity contribution in [2.75, 3.05) is 32.8 Å². The molecule has 2 aliphatic heterocycles. The van der Waals surface area contributed by atoms with Crippen molar-refractivity contribution in [2.45, 2.75) is 57.8 Å². The van der Waals surface area contributed by atoms with Crippen LogP contribution in [0.15, 0.2) is 40.7 Å². The molecule has 168 valence electrons. The summed E-state index contributed by atoms with van der Waals surface area (Å²) in [6, 6.07) is 10.3. The number of hydrogen-bond acceptors (Lipinski definition) is 5. The second-order valence-corrected chi connectivity index (χ2v) is 9.11. The van der Waals surface area contributed by atoms with E-state index in [-0.39, 0.29) is 0 Å². The predicted octanol–water partition coefficient (Wildman–Crippen LogP) is 4.33. The number of ether oxygens (including phenoxy) is 2. The highest BCUT2D eigenvalue weighted by Crippen LogP contribution is 2.22. The highest BCUT2D eigenvalue weighted by Gasteiger charge is 2.23. The van der Waals surface area contributed by atoms with Gasteiger partial charge in [0, 0.05) is 37.2 Å². The lowest BCUT2D eigenvalue weighted by Crippen LogP contribution is -2.47. The van der Waals surface area contributed by atoms with Crippen LogP contribution in [0, 0.1) is 0 Å². The Hall–Kier alpha value is -1.96. The van der Waals surface area contributed by atoms with E-state index in [2.05, 4.69) is 34.7 Å². The molecule has 0 spiro atoms. The van der Waals surface area contributed by atoms with Crippen LogP contribution in [-0.2, 0) is 16.0 Å². The van der Waals surface area contributed by atoms with Gasteiger partial charge in [-0.3, -0.25) is 0 Å². The molecule has 3 heterocycles. The Labute approximate surface area is 189 Å². The molecule has 1 unspecified atom stereocenters. The van der Waals surface area contributed by atoms with Crippen LogP contribution < -0.4 is 5.32 Å². The molecule has 1 aromatic heterocycles. The van der Waals surface area contributed by atoms with E-state index in [0.29, 0.717) is 18.8 Å². The molecule has 1 aromatic carbocycles. The first-order valence-electron chi connectivity index (χ1n) is 11.6. The monoisotopic (exact) mass is 442 g/mol. The topological polar surface area (TPSA) is 59.0 Å². The Balaban J connectivity index is 1.27. The maximum Gasteiger partial charge on any atom is 0.194 e. The van der Waals surface area contributed by atoms with E-state index in [9.17, 15) is 0 Å². The fraction of sp³-hybridized carbons (Fsp3) is 0.583. The number of benzene rings is 1. The van der Waals surface area contributed by atoms with Crippen LogP contribution >= 0.6 is 11.3 Å². The third-order valence-electron chi connectivity index (χ3n) is 5.85. The fourth-order valence-electron chi connectivity index (χ4n) is 4.11. The van der Waals surface area contributed by atoms with E-state index in [1.54, 1.807) is 11.3 Å². The Kier molecular flexibility index (Phi) is 8.32. The third-order valence-corrected chi connectivity index (χ3v) is 6.69. The highest BCUT2D eigenvalue weighted by molar-refractivity contribution is 7.09. The average Bonchev–Trinajstić information content (AvgIpc) is 3.31. The molecule has 7 heteroatoms. The van der Waals surface area contributed by atoms with E-state index >= 15 is 0 Å². The lowest BCUT2D eigenvalue weighted by atomic mass is 10.1. The Morgan fingerprint density at radius 2 is 2.06 bits per heavy atom. The maximum atomic E-state index is 6.16. The number of likely N-dealkylation sites (tertiary alicyclic amines) is 1. The first kappa shape index (κ1) is 22.2. The molecule has 0 bridgehead atoms. The van der Waals surface area contributed by atoms with Crippen LogP contribution in [0.1, 0.15) is 44.0 Å². The molecule has 4 rings (SSSR count). The van der Waals surface area contributed by atoms with Gasteiger partial charge in [-0.1, -0.05) is 30.3 Å². The van der Waals surface area contributed by atoms with Crippen molar-refractivity contribution in [1.82, 2.24) is 15.2 Å². The quantitative estimate of drug-likeness (QED) is 0.511. The second kappa shape index (κ2) is 11.6. The smallest absolute Gasteiger partial charge is 0.194 e. The van der Waals surface area contributed by atoms with Gasteiger partial charge in [0.05, 0.1) is 31.1 Å². The first-order valence-corrected chi connectivity index (χ1v) is 12.5. The molecule has 2 aliphatic rings. The number of nitrogens with one attached hydrogen (secondary N) is 1. The standard InChI is InChI=1S/C24H34N4O2S/c1-2-25-24(26-16-23-27-22(18-31-23)19-8-4-3-5-9-19)28-13-11-20(12-14-28)30-17-21-10-6-7-15-29-21/h3-5,8-9,18,20-21H,2,6-7,10-17H2,1H3,(H,25,26). The summed E-state index contributed by atoms with van der Waals surface area (Å²) < 4.78 is 12.0. The molecule has 1 atom stereocenters. The van der Waals surface area contributed by atoms with Crippen molar-refractivity contribution >= 4 is 17.3 Å². The molecular weight excluding hydrogens is 408 g/mol. The molecule has 2 aromatic rings. The van der Waals surface area contributed by atoms with Gasteiger partial charge in [0.2, 0.25) is 0 Å². The SMILES string of the molecule is CCNC(=NCc1nc(-c2ccccc2)cs1)N1CCC(OCC2CCCCO2)CC1. The van der Waals surface area contributed by atoms with Crippen molar-refractivity contribution in [2.24, 2.45) is 4.99 Å². The molecule has 0 radical (unpaired) electrons. The lowest BCUT2D eigenvalue weighted by Gasteiger charge is -2.35. The summed E-state index contributed by atoms with van der Waals surface area (Å²) in [6.07, 6.45) is 6.29. The van der Waals surface area contributed by atoms with Gasteiger partial charge in [0.25, 0.3) is 0 Å². The Morgan fingerprint density at radius 1 is 1.23 bits per heavy atom. The van der Waals surface area contributed by atoms with Crippen molar-refractivity contribution in [3.8, 4) is 11.3 Å². The van der Waals surface area contributed by atoms with Gasteiger partial charge in [-0.2, -0.15) is 0 Å². The van der Waals surface area contributed by atoms with Gasteiger partial charge in [-0.25, -0.2) is 9.98 Å². The number of rotatable bonds is 7. The van der Waals surface area contributed by atoms with Gasteiger partial charge in [0.1, 0.15) is 5.01 Å². The van der Waals surface area contributed by atoms with Crippen LogP contribution in [-0.4, -0.2) is 60.9 Å². The van der Waals surface area contributed by atoms with Crippen molar-refractivity contribution in [3.05, 3.63) is 40.7 Å². The highest BCUT2D eigenvalue weighted by atomic mass is 32.1. The van der Waals surface area contributed by atoms with E-state index in [1.165, 1.54) is 12.8 Å². The summed E-state index contributed by atoms with van der Waals surface area (Å²) in [5.41, 5.74) is 2.18. The van der Waals surface area contributed by atoms with Gasteiger partial charge >= 0.3 is 0 Å². The number of hydrogen-bond donors (Lipinski definition) is 1. The molecule has 0 saturated carbocycles. The lowest BCUT2D eigenvalue weighted by molar-refractivity contribution is -0.0721. The molecule has 2 saturated heterocycles. The summed E-state index contributed by atoms with van der Waals surface area (Å²) in [5, 5.41) is 6.61. The molecule has 0 amide bonds. The third kappa shape index (κ3) is 6.51. The van der Waals surface area contributed by atoms with Crippen LogP contribution in [0.2, 0.25) is 0 Å². The van der Waals surface area contributed by atoms with E-state index in [0.717, 1.165) is 74.3 Å². The van der Waals surface area contributed by atoms with Crippen LogP contribution in [0.3, 0.4) is 0 Å². The van der Waals surface area contributed by atoms with Crippen LogP contribution in [0.25, 0.3) is 11.3 Å². The van der Waals surface area contributed by atoms with Gasteiger partial charge in [0.15, 0.2) is 5.96 Å². The number of piperidine rings is 1. The number of thiazole rings is 1. The summed E-state index contributed by atoms with van der Waals surface area (Å²) in [7, 11) is 0. The Morgan fingerprint density at radius 3 is 2.81 bits per heavy atom. The van der Waals surface area contributed by atoms with Gasteiger partial charge in [-0.05, 0) is 39.0 Å². The van der Waals surface area contributed by atoms with E-state index in [4.69, 9.17) is 19.5 Å². The zero-order valence-electron chi connectivity index (χ0n) is 18.5. The zero-order valence-corrected chi connectivity index (χ0v) is 19.3. The van der Waals surface area contributed by atoms with Crippen molar-refractivity contribution in [3.63, 3.8) is 0 Å². The predicted molar refractivity (Wildman–Crippen MR) is 127 cm³/mol. The van der Waals surface area contributed by atoms with E-state index in [1.807, 2.05) is 18.2 Å². The summed E-state index contributed by atoms with van der Waals surface area (Å²) in [5.74, 6) is 0.980. The molecule has 2 fully saturated rings. The zero-order chi connectivity index (χ0) is 21.3. The van der Waals surface area contributed by atoms with Crippen LogP contribution in [0.4, 0.5) is 0 Å². The second-order valence-electron chi connectivity index (χ2n) is 8.17. The molecule has 31 heavy (non-hydrogen) atoms. The van der Waals surface area contributed by atoms with E-state index < -0.39 is 0 Å². The number of aromatic nitrogens is 1. The minimum absolute atomic E-state index is 0.296. The number of guanidine groups is 1. The molecule has 1 N–H and O–H groups in total. The van der Waals surface area contributed by atoms with Crippen molar-refractivity contribution < 1.29 is 9.47 Å². The molecule has 0 aliphatic carbocycles. The first-order chi connectivity index (χ1) is 15.3. The summed E-state index contributed by atoms with van der Waals surface area (Å²) >= 11 is 1.68. The summed E-state index contributed by atoms with van der Waals surface area (Å²) in [4.78, 5) is 12.0. The number of aliphatic imine (C=N–C) groups is 1. The molecule has 6 nitrogen and oxygen atoms in total.